The first-order chi connectivity index (χ1) is 11.4. The fraction of sp³-hybridized carbons (Fsp3) is 0.357. The Morgan fingerprint density at radius 1 is 1.21 bits per heavy atom. The minimum absolute atomic E-state index is 0.219. The number of halogens is 3. The van der Waals surface area contributed by atoms with Crippen LogP contribution in [0.25, 0.3) is 0 Å². The van der Waals surface area contributed by atoms with E-state index in [4.69, 9.17) is 17.0 Å². The highest BCUT2D eigenvalue weighted by atomic mass is 32.1. The third-order valence-corrected chi connectivity index (χ3v) is 3.76. The summed E-state index contributed by atoms with van der Waals surface area (Å²) in [4.78, 5) is 2.18. The number of nitrogens with zero attached hydrogens (tertiary/aromatic N) is 4. The molecule has 0 atom stereocenters. The predicted molar refractivity (Wildman–Crippen MR) is 84.9 cm³/mol. The summed E-state index contributed by atoms with van der Waals surface area (Å²) in [6.07, 6.45) is -3.32. The molecule has 1 N–H and O–H groups in total. The quantitative estimate of drug-likeness (QED) is 0.678. The summed E-state index contributed by atoms with van der Waals surface area (Å²) in [5.74, 6) is -1.19. The van der Waals surface area contributed by atoms with Gasteiger partial charge < -0.3 is 9.64 Å². The fourth-order valence-electron chi connectivity index (χ4n) is 2.30. The fourth-order valence-corrected chi connectivity index (χ4v) is 2.48. The van der Waals surface area contributed by atoms with E-state index in [9.17, 15) is 13.2 Å². The van der Waals surface area contributed by atoms with E-state index in [0.29, 0.717) is 23.5 Å². The molecular weight excluding hydrogens is 343 g/mol. The molecule has 1 aromatic heterocycles. The van der Waals surface area contributed by atoms with Crippen LogP contribution in [0.5, 0.6) is 0 Å². The van der Waals surface area contributed by atoms with Gasteiger partial charge in [-0.25, -0.2) is 5.10 Å². The molecule has 24 heavy (non-hydrogen) atoms. The van der Waals surface area contributed by atoms with Crippen molar-refractivity contribution in [2.24, 2.45) is 5.10 Å². The van der Waals surface area contributed by atoms with Gasteiger partial charge in [-0.1, -0.05) is 12.1 Å². The van der Waals surface area contributed by atoms with Gasteiger partial charge in [-0.05, 0) is 29.9 Å². The van der Waals surface area contributed by atoms with Crippen LogP contribution in [0.4, 0.5) is 18.9 Å². The topological polar surface area (TPSA) is 58.4 Å². The van der Waals surface area contributed by atoms with Crippen LogP contribution in [0.2, 0.25) is 0 Å². The van der Waals surface area contributed by atoms with E-state index in [1.165, 1.54) is 6.21 Å². The average Bonchev–Trinajstić information content (AvgIpc) is 2.95. The standard InChI is InChI=1S/C14H14F3N5OS/c15-14(16,17)12-19-20-13(24)22(12)18-9-10-1-3-11(4-2-10)21-5-7-23-8-6-21/h1-4,9H,5-8H2,(H,20,24). The van der Waals surface area contributed by atoms with Crippen molar-refractivity contribution in [3.05, 3.63) is 40.4 Å². The Hall–Kier alpha value is -2.20. The second kappa shape index (κ2) is 6.73. The summed E-state index contributed by atoms with van der Waals surface area (Å²) >= 11 is 4.78. The first-order valence-corrected chi connectivity index (χ1v) is 7.58. The molecule has 128 valence electrons. The van der Waals surface area contributed by atoms with Crippen LogP contribution >= 0.6 is 12.2 Å². The zero-order valence-electron chi connectivity index (χ0n) is 12.5. The number of alkyl halides is 3. The molecule has 0 spiro atoms. The molecular formula is C14H14F3N5OS. The number of morpholine rings is 1. The molecule has 1 aliphatic heterocycles. The van der Waals surface area contributed by atoms with Gasteiger partial charge in [0.15, 0.2) is 0 Å². The van der Waals surface area contributed by atoms with Crippen molar-refractivity contribution in [3.8, 4) is 0 Å². The van der Waals surface area contributed by atoms with Crippen molar-refractivity contribution in [1.82, 2.24) is 14.9 Å². The van der Waals surface area contributed by atoms with Crippen molar-refractivity contribution in [1.29, 1.82) is 0 Å². The SMILES string of the molecule is FC(F)(F)c1n[nH]c(=S)n1N=Cc1ccc(N2CCOCC2)cc1. The Morgan fingerprint density at radius 2 is 1.88 bits per heavy atom. The van der Waals surface area contributed by atoms with Gasteiger partial charge in [-0.2, -0.15) is 22.9 Å². The van der Waals surface area contributed by atoms with Crippen LogP contribution in [0.1, 0.15) is 11.4 Å². The van der Waals surface area contributed by atoms with Crippen molar-refractivity contribution in [3.63, 3.8) is 0 Å². The van der Waals surface area contributed by atoms with Gasteiger partial charge in [0.05, 0.1) is 19.4 Å². The molecule has 2 aromatic rings. The number of aromatic amines is 1. The van der Waals surface area contributed by atoms with Gasteiger partial charge in [0.2, 0.25) is 4.77 Å². The van der Waals surface area contributed by atoms with Crippen molar-refractivity contribution in [2.45, 2.75) is 6.18 Å². The summed E-state index contributed by atoms with van der Waals surface area (Å²) < 4.78 is 44.1. The molecule has 0 aliphatic carbocycles. The molecule has 1 fully saturated rings. The molecule has 6 nitrogen and oxygen atoms in total. The van der Waals surface area contributed by atoms with Gasteiger partial charge in [-0.3, -0.25) is 0 Å². The molecule has 10 heteroatoms. The molecule has 0 saturated carbocycles. The van der Waals surface area contributed by atoms with Gasteiger partial charge >= 0.3 is 6.18 Å². The number of H-pyrrole nitrogens is 1. The third kappa shape index (κ3) is 3.65. The van der Waals surface area contributed by atoms with E-state index in [0.717, 1.165) is 18.8 Å². The molecule has 1 aromatic carbocycles. The lowest BCUT2D eigenvalue weighted by molar-refractivity contribution is -0.147. The lowest BCUT2D eigenvalue weighted by Gasteiger charge is -2.28. The molecule has 0 radical (unpaired) electrons. The van der Waals surface area contributed by atoms with Crippen LogP contribution < -0.4 is 4.90 Å². The summed E-state index contributed by atoms with van der Waals surface area (Å²) in [6.45, 7) is 2.99. The van der Waals surface area contributed by atoms with E-state index >= 15 is 0 Å². The highest BCUT2D eigenvalue weighted by molar-refractivity contribution is 7.71. The smallest absolute Gasteiger partial charge is 0.378 e. The molecule has 0 amide bonds. The van der Waals surface area contributed by atoms with E-state index in [-0.39, 0.29) is 4.77 Å². The predicted octanol–water partition coefficient (Wildman–Crippen LogP) is 2.68. The maximum absolute atomic E-state index is 12.8. The summed E-state index contributed by atoms with van der Waals surface area (Å²) in [5, 5.41) is 9.04. The minimum Gasteiger partial charge on any atom is -0.378 e. The zero-order chi connectivity index (χ0) is 17.2. The van der Waals surface area contributed by atoms with Crippen LogP contribution in [0, 0.1) is 4.77 Å². The minimum atomic E-state index is -4.63. The monoisotopic (exact) mass is 357 g/mol. The largest absolute Gasteiger partial charge is 0.453 e. The first-order valence-electron chi connectivity index (χ1n) is 7.17. The van der Waals surface area contributed by atoms with Gasteiger partial charge in [0, 0.05) is 18.8 Å². The third-order valence-electron chi connectivity index (χ3n) is 3.50. The van der Waals surface area contributed by atoms with Crippen molar-refractivity contribution in [2.75, 3.05) is 31.2 Å². The Bertz CT molecular complexity index is 775. The lowest BCUT2D eigenvalue weighted by Crippen LogP contribution is -2.36. The number of rotatable bonds is 3. The highest BCUT2D eigenvalue weighted by Crippen LogP contribution is 2.27. The number of hydrogen-bond acceptors (Lipinski definition) is 5. The second-order valence-electron chi connectivity index (χ2n) is 5.10. The van der Waals surface area contributed by atoms with Gasteiger partial charge in [0.25, 0.3) is 5.82 Å². The second-order valence-corrected chi connectivity index (χ2v) is 5.48. The maximum atomic E-state index is 12.8. The highest BCUT2D eigenvalue weighted by Gasteiger charge is 2.37. The normalized spacial score (nSPS) is 16.0. The number of ether oxygens (including phenoxy) is 1. The number of hydrogen-bond donors (Lipinski definition) is 1. The molecule has 0 bridgehead atoms. The average molecular weight is 357 g/mol. The Balaban J connectivity index is 1.78. The molecule has 1 aliphatic rings. The van der Waals surface area contributed by atoms with E-state index < -0.39 is 12.0 Å². The van der Waals surface area contributed by atoms with Crippen LogP contribution in [-0.2, 0) is 10.9 Å². The van der Waals surface area contributed by atoms with Crippen molar-refractivity contribution >= 4 is 24.1 Å². The van der Waals surface area contributed by atoms with Crippen LogP contribution in [-0.4, -0.2) is 47.4 Å². The number of anilines is 1. The number of benzene rings is 1. The van der Waals surface area contributed by atoms with Crippen LogP contribution in [0.3, 0.4) is 0 Å². The molecule has 1 saturated heterocycles. The Labute approximate surface area is 140 Å². The summed E-state index contributed by atoms with van der Waals surface area (Å²) in [7, 11) is 0. The first kappa shape index (κ1) is 16.7. The summed E-state index contributed by atoms with van der Waals surface area (Å²) in [5.41, 5.74) is 1.69. The van der Waals surface area contributed by atoms with Crippen LogP contribution in [0.15, 0.2) is 29.4 Å². The van der Waals surface area contributed by atoms with Crippen molar-refractivity contribution < 1.29 is 17.9 Å². The molecule has 3 rings (SSSR count). The van der Waals surface area contributed by atoms with Gasteiger partial charge in [-0.15, -0.1) is 5.10 Å². The number of aromatic nitrogens is 3. The molecule has 0 unspecified atom stereocenters. The van der Waals surface area contributed by atoms with Gasteiger partial charge in [0.1, 0.15) is 0 Å². The van der Waals surface area contributed by atoms with E-state index in [1.54, 1.807) is 12.1 Å². The summed E-state index contributed by atoms with van der Waals surface area (Å²) in [6, 6.07) is 7.36. The zero-order valence-corrected chi connectivity index (χ0v) is 13.3. The Kier molecular flexibility index (Phi) is 4.67. The lowest BCUT2D eigenvalue weighted by atomic mass is 10.2. The molecule has 2 heterocycles. The Morgan fingerprint density at radius 3 is 2.50 bits per heavy atom. The maximum Gasteiger partial charge on any atom is 0.453 e. The van der Waals surface area contributed by atoms with E-state index in [2.05, 4.69) is 20.2 Å². The van der Waals surface area contributed by atoms with E-state index in [1.807, 2.05) is 12.1 Å². The number of nitrogens with one attached hydrogen (secondary N) is 1.